The number of nitrogens with two attached hydrogens (primary N) is 1. The zero-order valence-electron chi connectivity index (χ0n) is 10.0. The summed E-state index contributed by atoms with van der Waals surface area (Å²) in [6, 6.07) is 7.98. The molecule has 0 aromatic heterocycles. The number of ether oxygens (including phenoxy) is 1. The van der Waals surface area contributed by atoms with E-state index in [1.165, 1.54) is 5.56 Å². The minimum atomic E-state index is 0.249. The largest absolute Gasteiger partial charge is 0.497 e. The zero-order valence-corrected chi connectivity index (χ0v) is 10.0. The molecule has 0 fully saturated rings. The van der Waals surface area contributed by atoms with E-state index in [9.17, 15) is 0 Å². The molecule has 0 atom stereocenters. The van der Waals surface area contributed by atoms with E-state index < -0.39 is 0 Å². The maximum absolute atomic E-state index is 8.35. The van der Waals surface area contributed by atoms with Gasteiger partial charge < -0.3 is 21.0 Å². The van der Waals surface area contributed by atoms with Crippen molar-refractivity contribution in [3.05, 3.63) is 29.8 Å². The normalized spacial score (nSPS) is 11.5. The number of nitrogens with zero attached hydrogens (tertiary/aromatic N) is 1. The number of rotatable bonds is 7. The number of amidine groups is 1. The average Bonchev–Trinajstić information content (AvgIpc) is 2.38. The summed E-state index contributed by atoms with van der Waals surface area (Å²) in [7, 11) is 1.66. The first-order valence-electron chi connectivity index (χ1n) is 5.56. The van der Waals surface area contributed by atoms with Crippen LogP contribution in [0.1, 0.15) is 12.0 Å². The van der Waals surface area contributed by atoms with E-state index >= 15 is 0 Å². The molecule has 1 rings (SSSR count). The van der Waals surface area contributed by atoms with Gasteiger partial charge in [0.15, 0.2) is 0 Å². The van der Waals surface area contributed by atoms with Gasteiger partial charge in [-0.15, -0.1) is 0 Å². The summed E-state index contributed by atoms with van der Waals surface area (Å²) < 4.78 is 5.15. The molecule has 17 heavy (non-hydrogen) atoms. The highest BCUT2D eigenvalue weighted by atomic mass is 16.5. The lowest BCUT2D eigenvalue weighted by Gasteiger charge is -2.06. The van der Waals surface area contributed by atoms with Crippen LogP contribution in [0.15, 0.2) is 29.4 Å². The standard InChI is InChI=1S/C12H19N3O2/c1-17-11-4-2-3-10(9-11)5-7-14-8-6-12(13)15-16/h2-4,9,14,16H,5-8H2,1H3,(H2,13,15). The molecule has 0 aliphatic carbocycles. The Kier molecular flexibility index (Phi) is 5.88. The van der Waals surface area contributed by atoms with Crippen molar-refractivity contribution in [1.82, 2.24) is 5.32 Å². The molecule has 0 aliphatic rings. The van der Waals surface area contributed by atoms with Crippen LogP contribution in [0.25, 0.3) is 0 Å². The molecular formula is C12H19N3O2. The summed E-state index contributed by atoms with van der Waals surface area (Å²) in [5, 5.41) is 14.5. The Hall–Kier alpha value is -1.75. The molecule has 0 unspecified atom stereocenters. The van der Waals surface area contributed by atoms with Crippen LogP contribution in [0.3, 0.4) is 0 Å². The molecule has 0 bridgehead atoms. The van der Waals surface area contributed by atoms with Crippen molar-refractivity contribution in [1.29, 1.82) is 0 Å². The fraction of sp³-hybridized carbons (Fsp3) is 0.417. The molecule has 5 heteroatoms. The average molecular weight is 237 g/mol. The summed E-state index contributed by atoms with van der Waals surface area (Å²) in [5.74, 6) is 1.12. The number of hydrogen-bond acceptors (Lipinski definition) is 4. The summed E-state index contributed by atoms with van der Waals surface area (Å²) in [6.07, 6.45) is 1.47. The Balaban J connectivity index is 2.22. The Morgan fingerprint density at radius 2 is 2.29 bits per heavy atom. The van der Waals surface area contributed by atoms with Crippen LogP contribution in [-0.4, -0.2) is 31.2 Å². The second-order valence-corrected chi connectivity index (χ2v) is 3.69. The number of methoxy groups -OCH3 is 1. The van der Waals surface area contributed by atoms with Gasteiger partial charge in [-0.2, -0.15) is 0 Å². The highest BCUT2D eigenvalue weighted by Crippen LogP contribution is 2.12. The van der Waals surface area contributed by atoms with Crippen LogP contribution in [0.5, 0.6) is 5.75 Å². The molecule has 1 aromatic rings. The van der Waals surface area contributed by atoms with E-state index in [1.54, 1.807) is 7.11 Å². The van der Waals surface area contributed by atoms with E-state index in [-0.39, 0.29) is 5.84 Å². The molecule has 4 N–H and O–H groups in total. The van der Waals surface area contributed by atoms with Gasteiger partial charge in [0, 0.05) is 13.0 Å². The van der Waals surface area contributed by atoms with Gasteiger partial charge in [-0.25, -0.2) is 0 Å². The second kappa shape index (κ2) is 7.51. The lowest BCUT2D eigenvalue weighted by atomic mass is 10.1. The molecule has 0 saturated carbocycles. The van der Waals surface area contributed by atoms with Gasteiger partial charge in [0.1, 0.15) is 11.6 Å². The van der Waals surface area contributed by atoms with E-state index in [0.717, 1.165) is 18.7 Å². The van der Waals surface area contributed by atoms with Gasteiger partial charge in [-0.1, -0.05) is 17.3 Å². The quantitative estimate of drug-likeness (QED) is 0.217. The van der Waals surface area contributed by atoms with Gasteiger partial charge in [0.25, 0.3) is 0 Å². The van der Waals surface area contributed by atoms with Crippen LogP contribution in [0.2, 0.25) is 0 Å². The lowest BCUT2D eigenvalue weighted by molar-refractivity contribution is 0.316. The summed E-state index contributed by atoms with van der Waals surface area (Å²) >= 11 is 0. The Labute approximate surface area is 101 Å². The lowest BCUT2D eigenvalue weighted by Crippen LogP contribution is -2.24. The predicted molar refractivity (Wildman–Crippen MR) is 67.6 cm³/mol. The van der Waals surface area contributed by atoms with Crippen molar-refractivity contribution < 1.29 is 9.94 Å². The molecule has 0 amide bonds. The first-order valence-corrected chi connectivity index (χ1v) is 5.56. The molecule has 0 heterocycles. The van der Waals surface area contributed by atoms with Gasteiger partial charge in [0.2, 0.25) is 0 Å². The van der Waals surface area contributed by atoms with E-state index in [2.05, 4.69) is 16.5 Å². The first-order chi connectivity index (χ1) is 8.26. The van der Waals surface area contributed by atoms with Crippen LogP contribution in [-0.2, 0) is 6.42 Å². The number of benzene rings is 1. The van der Waals surface area contributed by atoms with E-state index in [0.29, 0.717) is 13.0 Å². The van der Waals surface area contributed by atoms with E-state index in [1.807, 2.05) is 18.2 Å². The smallest absolute Gasteiger partial charge is 0.140 e. The minimum Gasteiger partial charge on any atom is -0.497 e. The molecule has 0 spiro atoms. The Morgan fingerprint density at radius 3 is 3.00 bits per heavy atom. The number of nitrogens with one attached hydrogen (secondary N) is 1. The Morgan fingerprint density at radius 1 is 1.47 bits per heavy atom. The highest BCUT2D eigenvalue weighted by molar-refractivity contribution is 5.79. The zero-order chi connectivity index (χ0) is 12.5. The number of hydrogen-bond donors (Lipinski definition) is 3. The monoisotopic (exact) mass is 237 g/mol. The minimum absolute atomic E-state index is 0.249. The molecule has 94 valence electrons. The van der Waals surface area contributed by atoms with Gasteiger partial charge >= 0.3 is 0 Å². The van der Waals surface area contributed by atoms with Crippen molar-refractivity contribution >= 4 is 5.84 Å². The van der Waals surface area contributed by atoms with Crippen LogP contribution in [0.4, 0.5) is 0 Å². The van der Waals surface area contributed by atoms with Crippen molar-refractivity contribution in [3.63, 3.8) is 0 Å². The van der Waals surface area contributed by atoms with Crippen LogP contribution < -0.4 is 15.8 Å². The number of oxime groups is 1. The third-order valence-electron chi connectivity index (χ3n) is 2.41. The molecule has 5 nitrogen and oxygen atoms in total. The van der Waals surface area contributed by atoms with Crippen LogP contribution >= 0.6 is 0 Å². The Bertz CT molecular complexity index is 367. The summed E-state index contributed by atoms with van der Waals surface area (Å²) in [6.45, 7) is 1.56. The fourth-order valence-electron chi connectivity index (χ4n) is 1.45. The van der Waals surface area contributed by atoms with Gasteiger partial charge in [0.05, 0.1) is 7.11 Å². The summed E-state index contributed by atoms with van der Waals surface area (Å²) in [5.41, 5.74) is 6.57. The predicted octanol–water partition coefficient (Wildman–Crippen LogP) is 0.964. The molecule has 0 saturated heterocycles. The third-order valence-corrected chi connectivity index (χ3v) is 2.41. The van der Waals surface area contributed by atoms with Crippen molar-refractivity contribution in [2.45, 2.75) is 12.8 Å². The van der Waals surface area contributed by atoms with Crippen molar-refractivity contribution in [2.24, 2.45) is 10.9 Å². The maximum atomic E-state index is 8.35. The summed E-state index contributed by atoms with van der Waals surface area (Å²) in [4.78, 5) is 0. The molecule has 1 aromatic carbocycles. The molecule has 0 radical (unpaired) electrons. The van der Waals surface area contributed by atoms with Crippen LogP contribution in [0, 0.1) is 0 Å². The van der Waals surface area contributed by atoms with E-state index in [4.69, 9.17) is 15.7 Å². The molecule has 0 aliphatic heterocycles. The maximum Gasteiger partial charge on any atom is 0.140 e. The van der Waals surface area contributed by atoms with Gasteiger partial charge in [-0.05, 0) is 30.7 Å². The fourth-order valence-corrected chi connectivity index (χ4v) is 1.45. The highest BCUT2D eigenvalue weighted by Gasteiger charge is 1.96. The van der Waals surface area contributed by atoms with Gasteiger partial charge in [-0.3, -0.25) is 0 Å². The first kappa shape index (κ1) is 13.3. The van der Waals surface area contributed by atoms with Crippen molar-refractivity contribution in [3.8, 4) is 5.75 Å². The molecular weight excluding hydrogens is 218 g/mol. The van der Waals surface area contributed by atoms with Crippen molar-refractivity contribution in [2.75, 3.05) is 20.2 Å². The third kappa shape index (κ3) is 5.21. The topological polar surface area (TPSA) is 79.9 Å². The second-order valence-electron chi connectivity index (χ2n) is 3.69. The SMILES string of the molecule is COc1cccc(CCNCC/C(N)=N/O)c1.